The number of amides is 2. The summed E-state index contributed by atoms with van der Waals surface area (Å²) < 4.78 is 6.54. The highest BCUT2D eigenvalue weighted by Crippen LogP contribution is 2.46. The second-order valence-electron chi connectivity index (χ2n) is 9.33. The Morgan fingerprint density at radius 3 is 2.45 bits per heavy atom. The van der Waals surface area contributed by atoms with Gasteiger partial charge in [0.2, 0.25) is 5.91 Å². The highest BCUT2D eigenvalue weighted by atomic mass is 16.5. The molecule has 2 heterocycles. The molecule has 2 fully saturated rings. The van der Waals surface area contributed by atoms with Crippen LogP contribution in [0.2, 0.25) is 0 Å². The molecule has 162 valence electrons. The van der Waals surface area contributed by atoms with Crippen molar-refractivity contribution in [1.82, 2.24) is 10.2 Å². The fourth-order valence-corrected chi connectivity index (χ4v) is 4.99. The molecule has 0 radical (unpaired) electrons. The molecule has 0 bridgehead atoms. The molecule has 2 aliphatic heterocycles. The molecule has 2 amide bonds. The predicted octanol–water partition coefficient (Wildman–Crippen LogP) is 4.14. The molecule has 5 nitrogen and oxygen atoms in total. The van der Waals surface area contributed by atoms with Crippen molar-refractivity contribution in [2.75, 3.05) is 19.6 Å². The number of nitrogens with one attached hydrogen (secondary N) is 1. The van der Waals surface area contributed by atoms with Crippen LogP contribution in [0.25, 0.3) is 0 Å². The van der Waals surface area contributed by atoms with Crippen LogP contribution >= 0.6 is 0 Å². The zero-order chi connectivity index (χ0) is 21.3. The third-order valence-corrected chi connectivity index (χ3v) is 7.00. The average Bonchev–Trinajstić information content (AvgIpc) is 3.63. The molecule has 1 atom stereocenters. The summed E-state index contributed by atoms with van der Waals surface area (Å²) >= 11 is 0. The Balaban J connectivity index is 1.27. The van der Waals surface area contributed by atoms with Gasteiger partial charge in [-0.05, 0) is 48.9 Å². The van der Waals surface area contributed by atoms with Gasteiger partial charge in [0.15, 0.2) is 0 Å². The Hall–Kier alpha value is -2.82. The molecule has 1 spiro atoms. The summed E-state index contributed by atoms with van der Waals surface area (Å²) in [5.41, 5.74) is 1.57. The minimum absolute atomic E-state index is 0.0858. The zero-order valence-electron chi connectivity index (χ0n) is 17.9. The van der Waals surface area contributed by atoms with Crippen molar-refractivity contribution in [1.29, 1.82) is 0 Å². The summed E-state index contributed by atoms with van der Waals surface area (Å²) in [6, 6.07) is 17.6. The number of fused-ring (bicyclic) bond motifs is 1. The monoisotopic (exact) mass is 418 g/mol. The number of hydrogen-bond acceptors (Lipinski definition) is 3. The van der Waals surface area contributed by atoms with E-state index >= 15 is 0 Å². The SMILES string of the molecule is O=C(C[C@H]1CC2(CCN(C(=O)c3ccccc3)CC2)Oc2ccccc21)NCC1CC1. The highest BCUT2D eigenvalue weighted by Gasteiger charge is 2.44. The van der Waals surface area contributed by atoms with Gasteiger partial charge in [0.25, 0.3) is 5.91 Å². The van der Waals surface area contributed by atoms with E-state index < -0.39 is 0 Å². The number of carbonyl (C=O) groups is 2. The van der Waals surface area contributed by atoms with E-state index in [2.05, 4.69) is 11.4 Å². The van der Waals surface area contributed by atoms with Crippen molar-refractivity contribution in [2.45, 2.75) is 50.0 Å². The number of carbonyl (C=O) groups excluding carboxylic acids is 2. The van der Waals surface area contributed by atoms with Gasteiger partial charge in [-0.3, -0.25) is 9.59 Å². The molecule has 3 aliphatic rings. The zero-order valence-corrected chi connectivity index (χ0v) is 17.9. The maximum absolute atomic E-state index is 12.8. The summed E-state index contributed by atoms with van der Waals surface area (Å²) in [6.45, 7) is 2.17. The lowest BCUT2D eigenvalue weighted by Gasteiger charge is -2.47. The van der Waals surface area contributed by atoms with Crippen LogP contribution in [0.1, 0.15) is 60.4 Å². The Morgan fingerprint density at radius 2 is 1.71 bits per heavy atom. The van der Waals surface area contributed by atoms with E-state index in [1.54, 1.807) is 0 Å². The van der Waals surface area contributed by atoms with Crippen LogP contribution in [0, 0.1) is 5.92 Å². The van der Waals surface area contributed by atoms with E-state index in [1.165, 1.54) is 12.8 Å². The fraction of sp³-hybridized carbons (Fsp3) is 0.462. The summed E-state index contributed by atoms with van der Waals surface area (Å²) in [5, 5.41) is 3.12. The molecule has 1 aliphatic carbocycles. The van der Waals surface area contributed by atoms with Gasteiger partial charge in [0.1, 0.15) is 11.4 Å². The van der Waals surface area contributed by atoms with Gasteiger partial charge in [-0.15, -0.1) is 0 Å². The first-order valence-corrected chi connectivity index (χ1v) is 11.5. The maximum Gasteiger partial charge on any atom is 0.253 e. The molecule has 1 N–H and O–H groups in total. The first kappa shape index (κ1) is 20.1. The third-order valence-electron chi connectivity index (χ3n) is 7.00. The molecule has 31 heavy (non-hydrogen) atoms. The number of hydrogen-bond donors (Lipinski definition) is 1. The van der Waals surface area contributed by atoms with Gasteiger partial charge in [-0.1, -0.05) is 36.4 Å². The number of benzene rings is 2. The predicted molar refractivity (Wildman–Crippen MR) is 119 cm³/mol. The number of piperidine rings is 1. The average molecular weight is 419 g/mol. The Bertz CT molecular complexity index is 946. The standard InChI is InChI=1S/C26H30N2O3/c29-24(27-18-19-10-11-19)16-21-17-26(31-23-9-5-4-8-22(21)23)12-14-28(15-13-26)25(30)20-6-2-1-3-7-20/h1-9,19,21H,10-18H2,(H,27,29)/t21-/m0/s1. The second kappa shape index (κ2) is 8.37. The molecule has 5 rings (SSSR count). The topological polar surface area (TPSA) is 58.6 Å². The molecule has 1 saturated carbocycles. The van der Waals surface area contributed by atoms with Crippen LogP contribution in [0.4, 0.5) is 0 Å². The van der Waals surface area contributed by atoms with Crippen molar-refractivity contribution in [3.8, 4) is 5.75 Å². The fourth-order valence-electron chi connectivity index (χ4n) is 4.99. The lowest BCUT2D eigenvalue weighted by atomic mass is 9.76. The van der Waals surface area contributed by atoms with Crippen molar-refractivity contribution < 1.29 is 14.3 Å². The van der Waals surface area contributed by atoms with Crippen molar-refractivity contribution >= 4 is 11.8 Å². The van der Waals surface area contributed by atoms with Crippen LogP contribution in [-0.2, 0) is 4.79 Å². The lowest BCUT2D eigenvalue weighted by Crippen LogP contribution is -2.52. The van der Waals surface area contributed by atoms with E-state index in [0.717, 1.165) is 42.7 Å². The molecule has 0 aromatic heterocycles. The second-order valence-corrected chi connectivity index (χ2v) is 9.33. The Labute approximate surface area is 183 Å². The largest absolute Gasteiger partial charge is 0.487 e. The molecule has 2 aromatic carbocycles. The minimum atomic E-state index is -0.302. The number of likely N-dealkylation sites (tertiary alicyclic amines) is 1. The third kappa shape index (κ3) is 4.46. The van der Waals surface area contributed by atoms with Crippen LogP contribution in [0.5, 0.6) is 5.75 Å². The van der Waals surface area contributed by atoms with Crippen LogP contribution in [0.15, 0.2) is 54.6 Å². The number of nitrogens with zero attached hydrogens (tertiary/aromatic N) is 1. The van der Waals surface area contributed by atoms with Gasteiger partial charge < -0.3 is 15.0 Å². The van der Waals surface area contributed by atoms with E-state index in [9.17, 15) is 9.59 Å². The summed E-state index contributed by atoms with van der Waals surface area (Å²) in [7, 11) is 0. The maximum atomic E-state index is 12.8. The van der Waals surface area contributed by atoms with Gasteiger partial charge in [0, 0.05) is 50.4 Å². The number of para-hydroxylation sites is 1. The molecule has 2 aromatic rings. The van der Waals surface area contributed by atoms with Gasteiger partial charge >= 0.3 is 0 Å². The quantitative estimate of drug-likeness (QED) is 0.794. The van der Waals surface area contributed by atoms with Crippen molar-refractivity contribution in [3.05, 3.63) is 65.7 Å². The van der Waals surface area contributed by atoms with E-state index in [1.807, 2.05) is 53.4 Å². The summed E-state index contributed by atoms with van der Waals surface area (Å²) in [5.74, 6) is 1.96. The summed E-state index contributed by atoms with van der Waals surface area (Å²) in [6.07, 6.45) is 5.39. The number of rotatable bonds is 5. The first-order chi connectivity index (χ1) is 15.1. The van der Waals surface area contributed by atoms with Crippen LogP contribution in [0.3, 0.4) is 0 Å². The highest BCUT2D eigenvalue weighted by molar-refractivity contribution is 5.94. The van der Waals surface area contributed by atoms with Crippen molar-refractivity contribution in [2.24, 2.45) is 5.92 Å². The number of ether oxygens (including phenoxy) is 1. The van der Waals surface area contributed by atoms with Gasteiger partial charge in [-0.2, -0.15) is 0 Å². The minimum Gasteiger partial charge on any atom is -0.487 e. The summed E-state index contributed by atoms with van der Waals surface area (Å²) in [4.78, 5) is 27.4. The smallest absolute Gasteiger partial charge is 0.253 e. The van der Waals surface area contributed by atoms with Gasteiger partial charge in [-0.25, -0.2) is 0 Å². The molecular weight excluding hydrogens is 388 g/mol. The van der Waals surface area contributed by atoms with Crippen molar-refractivity contribution in [3.63, 3.8) is 0 Å². The molecule has 1 saturated heterocycles. The lowest BCUT2D eigenvalue weighted by molar-refractivity contribution is -0.122. The van der Waals surface area contributed by atoms with E-state index in [4.69, 9.17) is 4.74 Å². The molecular formula is C26H30N2O3. The molecule has 0 unspecified atom stereocenters. The van der Waals surface area contributed by atoms with E-state index in [0.29, 0.717) is 25.4 Å². The Kier molecular flexibility index (Phi) is 5.43. The normalized spacial score (nSPS) is 21.8. The molecule has 5 heteroatoms. The van der Waals surface area contributed by atoms with Crippen LogP contribution < -0.4 is 10.1 Å². The van der Waals surface area contributed by atoms with Crippen LogP contribution in [-0.4, -0.2) is 41.9 Å². The van der Waals surface area contributed by atoms with Gasteiger partial charge in [0.05, 0.1) is 0 Å². The Morgan fingerprint density at radius 1 is 1.00 bits per heavy atom. The van der Waals surface area contributed by atoms with E-state index in [-0.39, 0.29) is 23.3 Å². The first-order valence-electron chi connectivity index (χ1n) is 11.5.